The second-order valence-electron chi connectivity index (χ2n) is 2.85. The molecule has 0 fully saturated rings. The summed E-state index contributed by atoms with van der Waals surface area (Å²) >= 11 is 0. The van der Waals surface area contributed by atoms with E-state index in [2.05, 4.69) is 24.4 Å². The van der Waals surface area contributed by atoms with Crippen molar-refractivity contribution in [3.63, 3.8) is 0 Å². The zero-order valence-electron chi connectivity index (χ0n) is 5.44. The summed E-state index contributed by atoms with van der Waals surface area (Å²) < 4.78 is 0. The highest BCUT2D eigenvalue weighted by atomic mass is 15.3. The van der Waals surface area contributed by atoms with Crippen molar-refractivity contribution in [3.05, 3.63) is 0 Å². The summed E-state index contributed by atoms with van der Waals surface area (Å²) in [7, 11) is 0. The van der Waals surface area contributed by atoms with Gasteiger partial charge in [0.15, 0.2) is 0 Å². The van der Waals surface area contributed by atoms with Crippen LogP contribution in [-0.2, 0) is 0 Å². The molecule has 0 saturated carbocycles. The Morgan fingerprint density at radius 2 is 2.38 bits per heavy atom. The Labute approximate surface area is 50.0 Å². The molecule has 1 aliphatic rings. The van der Waals surface area contributed by atoms with Gasteiger partial charge < -0.3 is 5.43 Å². The maximum atomic E-state index is 3.95. The molecule has 1 aliphatic heterocycles. The molecule has 8 heavy (non-hydrogen) atoms. The first-order valence-electron chi connectivity index (χ1n) is 2.99. The summed E-state index contributed by atoms with van der Waals surface area (Å²) in [5.41, 5.74) is 3.26. The predicted molar refractivity (Wildman–Crippen MR) is 34.9 cm³/mol. The van der Waals surface area contributed by atoms with E-state index in [9.17, 15) is 0 Å². The highest BCUT2D eigenvalue weighted by molar-refractivity contribution is 5.57. The molecule has 0 saturated heterocycles. The van der Waals surface area contributed by atoms with Crippen molar-refractivity contribution in [2.45, 2.75) is 32.2 Å². The van der Waals surface area contributed by atoms with Gasteiger partial charge >= 0.3 is 0 Å². The van der Waals surface area contributed by atoms with Gasteiger partial charge in [-0.05, 0) is 26.7 Å². The van der Waals surface area contributed by atoms with Gasteiger partial charge in [-0.2, -0.15) is 5.10 Å². The van der Waals surface area contributed by atoms with Crippen LogP contribution in [0.1, 0.15) is 26.7 Å². The lowest BCUT2D eigenvalue weighted by Gasteiger charge is -2.26. The third-order valence-electron chi connectivity index (χ3n) is 1.36. The highest BCUT2D eigenvalue weighted by Gasteiger charge is 2.16. The van der Waals surface area contributed by atoms with Crippen LogP contribution in [0.25, 0.3) is 0 Å². The summed E-state index contributed by atoms with van der Waals surface area (Å²) in [5.74, 6) is 0. The smallest absolute Gasteiger partial charge is 0.0496 e. The number of nitrogens with one attached hydrogen (secondary N) is 1. The first-order chi connectivity index (χ1) is 3.71. The molecular formula is C6H12N2. The normalized spacial score (nSPS) is 24.8. The lowest BCUT2D eigenvalue weighted by Crippen LogP contribution is -2.37. The van der Waals surface area contributed by atoms with E-state index in [-0.39, 0.29) is 5.54 Å². The molecule has 0 aromatic heterocycles. The molecule has 1 rings (SSSR count). The summed E-state index contributed by atoms with van der Waals surface area (Å²) in [6.07, 6.45) is 4.22. The first kappa shape index (κ1) is 5.60. The summed E-state index contributed by atoms with van der Waals surface area (Å²) in [5, 5.41) is 3.95. The summed E-state index contributed by atoms with van der Waals surface area (Å²) in [6.45, 7) is 4.31. The maximum Gasteiger partial charge on any atom is 0.0496 e. The van der Waals surface area contributed by atoms with Crippen LogP contribution in [0.3, 0.4) is 0 Å². The fourth-order valence-electron chi connectivity index (χ4n) is 0.766. The van der Waals surface area contributed by atoms with Crippen molar-refractivity contribution < 1.29 is 0 Å². The standard InChI is InChI=1S/C6H12N2/c1-6(2)4-3-5-7-8-6/h5,8H,3-4H2,1-2H3. The van der Waals surface area contributed by atoms with Gasteiger partial charge in [-0.15, -0.1) is 0 Å². The second kappa shape index (κ2) is 1.77. The molecular weight excluding hydrogens is 100 g/mol. The van der Waals surface area contributed by atoms with Crippen LogP contribution >= 0.6 is 0 Å². The topological polar surface area (TPSA) is 24.4 Å². The Morgan fingerprint density at radius 3 is 2.62 bits per heavy atom. The van der Waals surface area contributed by atoms with Crippen LogP contribution in [0.5, 0.6) is 0 Å². The zero-order valence-corrected chi connectivity index (χ0v) is 5.44. The maximum absolute atomic E-state index is 3.95. The van der Waals surface area contributed by atoms with Gasteiger partial charge in [0.1, 0.15) is 0 Å². The van der Waals surface area contributed by atoms with E-state index in [4.69, 9.17) is 0 Å². The summed E-state index contributed by atoms with van der Waals surface area (Å²) in [6, 6.07) is 0. The quantitative estimate of drug-likeness (QED) is 0.499. The van der Waals surface area contributed by atoms with E-state index in [0.29, 0.717) is 0 Å². The van der Waals surface area contributed by atoms with Gasteiger partial charge in [-0.25, -0.2) is 0 Å². The van der Waals surface area contributed by atoms with E-state index in [1.54, 1.807) is 0 Å². The van der Waals surface area contributed by atoms with Crippen LogP contribution in [-0.4, -0.2) is 11.8 Å². The number of hydrogen-bond donors (Lipinski definition) is 1. The molecule has 46 valence electrons. The van der Waals surface area contributed by atoms with Crippen LogP contribution in [0.2, 0.25) is 0 Å². The van der Waals surface area contributed by atoms with E-state index in [1.165, 1.54) is 6.42 Å². The Hall–Kier alpha value is -0.530. The van der Waals surface area contributed by atoms with Gasteiger partial charge in [0.25, 0.3) is 0 Å². The molecule has 0 amide bonds. The molecule has 1 N–H and O–H groups in total. The van der Waals surface area contributed by atoms with Crippen LogP contribution in [0.4, 0.5) is 0 Å². The van der Waals surface area contributed by atoms with Crippen molar-refractivity contribution in [1.29, 1.82) is 0 Å². The number of hydrazone groups is 1. The lowest BCUT2D eigenvalue weighted by atomic mass is 9.99. The molecule has 0 aromatic carbocycles. The van der Waals surface area contributed by atoms with Crippen molar-refractivity contribution >= 4 is 6.21 Å². The zero-order chi connectivity index (χ0) is 6.04. The minimum Gasteiger partial charge on any atom is -0.305 e. The molecule has 0 unspecified atom stereocenters. The fraction of sp³-hybridized carbons (Fsp3) is 0.833. The van der Waals surface area contributed by atoms with Gasteiger partial charge in [-0.1, -0.05) is 0 Å². The van der Waals surface area contributed by atoms with Gasteiger partial charge in [-0.3, -0.25) is 0 Å². The third-order valence-corrected chi connectivity index (χ3v) is 1.36. The molecule has 1 heterocycles. The SMILES string of the molecule is CC1(C)CCC=NN1. The van der Waals surface area contributed by atoms with Gasteiger partial charge in [0.2, 0.25) is 0 Å². The van der Waals surface area contributed by atoms with Crippen LogP contribution in [0.15, 0.2) is 5.10 Å². The molecule has 0 radical (unpaired) electrons. The molecule has 0 atom stereocenters. The average molecular weight is 112 g/mol. The van der Waals surface area contributed by atoms with E-state index >= 15 is 0 Å². The summed E-state index contributed by atoms with van der Waals surface area (Å²) in [4.78, 5) is 0. The lowest BCUT2D eigenvalue weighted by molar-refractivity contribution is 0.366. The van der Waals surface area contributed by atoms with E-state index in [0.717, 1.165) is 6.42 Å². The molecule has 2 nitrogen and oxygen atoms in total. The monoisotopic (exact) mass is 112 g/mol. The second-order valence-corrected chi connectivity index (χ2v) is 2.85. The van der Waals surface area contributed by atoms with Crippen molar-refractivity contribution in [1.82, 2.24) is 5.43 Å². The Bertz CT molecular complexity index is 105. The van der Waals surface area contributed by atoms with Crippen LogP contribution in [0, 0.1) is 0 Å². The molecule has 0 bridgehead atoms. The van der Waals surface area contributed by atoms with Crippen molar-refractivity contribution in [3.8, 4) is 0 Å². The molecule has 2 heteroatoms. The van der Waals surface area contributed by atoms with E-state index in [1.807, 2.05) is 6.21 Å². The first-order valence-corrected chi connectivity index (χ1v) is 2.99. The predicted octanol–water partition coefficient (Wildman–Crippen LogP) is 1.13. The largest absolute Gasteiger partial charge is 0.305 e. The minimum atomic E-state index is 0.231. The van der Waals surface area contributed by atoms with Crippen LogP contribution < -0.4 is 5.43 Å². The average Bonchev–Trinajstić information content (AvgIpc) is 1.65. The van der Waals surface area contributed by atoms with E-state index < -0.39 is 0 Å². The Kier molecular flexibility index (Phi) is 1.24. The Morgan fingerprint density at radius 1 is 1.62 bits per heavy atom. The molecule has 0 spiro atoms. The molecule has 0 aromatic rings. The van der Waals surface area contributed by atoms with Crippen molar-refractivity contribution in [2.24, 2.45) is 5.10 Å². The van der Waals surface area contributed by atoms with Crippen molar-refractivity contribution in [2.75, 3.05) is 0 Å². The highest BCUT2D eigenvalue weighted by Crippen LogP contribution is 2.12. The third kappa shape index (κ3) is 1.22. The van der Waals surface area contributed by atoms with Gasteiger partial charge in [0, 0.05) is 11.8 Å². The fourth-order valence-corrected chi connectivity index (χ4v) is 0.766. The number of nitrogens with zero attached hydrogens (tertiary/aromatic N) is 1. The minimum absolute atomic E-state index is 0.231. The number of rotatable bonds is 0. The van der Waals surface area contributed by atoms with Gasteiger partial charge in [0.05, 0.1) is 0 Å². The number of hydrogen-bond acceptors (Lipinski definition) is 2. The molecule has 0 aliphatic carbocycles. The Balaban J connectivity index is 2.50.